The van der Waals surface area contributed by atoms with E-state index in [0.29, 0.717) is 5.92 Å². The van der Waals surface area contributed by atoms with Gasteiger partial charge in [-0.25, -0.2) is 8.78 Å². The van der Waals surface area contributed by atoms with Crippen molar-refractivity contribution in [2.75, 3.05) is 0 Å². The largest absolute Gasteiger partial charge is 0.248 e. The van der Waals surface area contributed by atoms with Crippen LogP contribution in [0.15, 0.2) is 0 Å². The molecular formula is C11H18F2. The second-order valence-corrected chi connectivity index (χ2v) is 4.93. The van der Waals surface area contributed by atoms with E-state index in [1.165, 1.54) is 19.3 Å². The summed E-state index contributed by atoms with van der Waals surface area (Å²) < 4.78 is 26.0. The van der Waals surface area contributed by atoms with Gasteiger partial charge < -0.3 is 0 Å². The van der Waals surface area contributed by atoms with Crippen molar-refractivity contribution in [1.82, 2.24) is 0 Å². The molecule has 0 aromatic carbocycles. The summed E-state index contributed by atoms with van der Waals surface area (Å²) in [5.74, 6) is -0.729. The molecule has 0 amide bonds. The van der Waals surface area contributed by atoms with E-state index in [0.717, 1.165) is 12.3 Å². The van der Waals surface area contributed by atoms with Gasteiger partial charge in [0.2, 0.25) is 5.92 Å². The maximum atomic E-state index is 13.0. The molecule has 76 valence electrons. The quantitative estimate of drug-likeness (QED) is 0.586. The van der Waals surface area contributed by atoms with Gasteiger partial charge in [0, 0.05) is 12.8 Å². The van der Waals surface area contributed by atoms with Crippen LogP contribution in [0.4, 0.5) is 8.78 Å². The van der Waals surface area contributed by atoms with Crippen LogP contribution in [0.1, 0.15) is 45.4 Å². The van der Waals surface area contributed by atoms with Crippen LogP contribution in [0.5, 0.6) is 0 Å². The summed E-state index contributed by atoms with van der Waals surface area (Å²) in [6.45, 7) is 2.01. The summed E-state index contributed by atoms with van der Waals surface area (Å²) in [4.78, 5) is 0. The molecule has 0 N–H and O–H groups in total. The van der Waals surface area contributed by atoms with Crippen molar-refractivity contribution in [1.29, 1.82) is 0 Å². The van der Waals surface area contributed by atoms with E-state index in [1.807, 2.05) is 6.92 Å². The zero-order valence-corrected chi connectivity index (χ0v) is 8.23. The van der Waals surface area contributed by atoms with Gasteiger partial charge in [-0.15, -0.1) is 0 Å². The minimum absolute atomic E-state index is 0.133. The fraction of sp³-hybridized carbons (Fsp3) is 1.00. The van der Waals surface area contributed by atoms with Gasteiger partial charge in [0.15, 0.2) is 0 Å². The highest BCUT2D eigenvalue weighted by Gasteiger charge is 2.42. The molecule has 0 spiro atoms. The summed E-state index contributed by atoms with van der Waals surface area (Å²) in [6, 6.07) is 0. The van der Waals surface area contributed by atoms with Crippen LogP contribution in [0, 0.1) is 17.8 Å². The predicted molar refractivity (Wildman–Crippen MR) is 48.8 cm³/mol. The molecule has 0 radical (unpaired) electrons. The molecule has 0 bridgehead atoms. The van der Waals surface area contributed by atoms with Gasteiger partial charge in [0.05, 0.1) is 0 Å². The molecule has 0 nitrogen and oxygen atoms in total. The van der Waals surface area contributed by atoms with Crippen molar-refractivity contribution >= 4 is 0 Å². The average molecular weight is 188 g/mol. The van der Waals surface area contributed by atoms with Crippen LogP contribution in [-0.2, 0) is 0 Å². The Morgan fingerprint density at radius 1 is 1.15 bits per heavy atom. The smallest absolute Gasteiger partial charge is 0.207 e. The number of halogens is 2. The number of hydrogen-bond donors (Lipinski definition) is 0. The van der Waals surface area contributed by atoms with Crippen LogP contribution < -0.4 is 0 Å². The highest BCUT2D eigenvalue weighted by atomic mass is 19.3. The average Bonchev–Trinajstić information content (AvgIpc) is 1.89. The second kappa shape index (κ2) is 3.21. The van der Waals surface area contributed by atoms with Crippen LogP contribution in [0.25, 0.3) is 0 Å². The van der Waals surface area contributed by atoms with Gasteiger partial charge in [-0.2, -0.15) is 0 Å². The lowest BCUT2D eigenvalue weighted by Gasteiger charge is -2.42. The van der Waals surface area contributed by atoms with Crippen molar-refractivity contribution in [2.45, 2.75) is 51.4 Å². The highest BCUT2D eigenvalue weighted by Crippen LogP contribution is 2.47. The topological polar surface area (TPSA) is 0 Å². The summed E-state index contributed by atoms with van der Waals surface area (Å²) >= 11 is 0. The van der Waals surface area contributed by atoms with Crippen LogP contribution >= 0.6 is 0 Å². The van der Waals surface area contributed by atoms with E-state index in [2.05, 4.69) is 0 Å². The number of rotatable bonds is 1. The van der Waals surface area contributed by atoms with Crippen molar-refractivity contribution in [3.8, 4) is 0 Å². The highest BCUT2D eigenvalue weighted by molar-refractivity contribution is 4.88. The molecule has 0 saturated heterocycles. The summed E-state index contributed by atoms with van der Waals surface area (Å²) in [6.07, 6.45) is 4.94. The number of hydrogen-bond acceptors (Lipinski definition) is 0. The lowest BCUT2D eigenvalue weighted by molar-refractivity contribution is -0.0802. The third-order valence-electron chi connectivity index (χ3n) is 3.95. The van der Waals surface area contributed by atoms with E-state index in [4.69, 9.17) is 0 Å². The van der Waals surface area contributed by atoms with Crippen molar-refractivity contribution in [3.05, 3.63) is 0 Å². The lowest BCUT2D eigenvalue weighted by atomic mass is 9.65. The van der Waals surface area contributed by atoms with E-state index in [-0.39, 0.29) is 18.8 Å². The first-order valence-corrected chi connectivity index (χ1v) is 5.46. The first kappa shape index (κ1) is 9.42. The Morgan fingerprint density at radius 2 is 1.85 bits per heavy atom. The molecule has 0 aliphatic heterocycles. The third-order valence-corrected chi connectivity index (χ3v) is 3.95. The Hall–Kier alpha value is -0.140. The molecule has 2 aliphatic rings. The molecular weight excluding hydrogens is 170 g/mol. The van der Waals surface area contributed by atoms with Gasteiger partial charge in [-0.05, 0) is 24.2 Å². The predicted octanol–water partition coefficient (Wildman–Crippen LogP) is 3.86. The van der Waals surface area contributed by atoms with Crippen molar-refractivity contribution < 1.29 is 8.78 Å². The van der Waals surface area contributed by atoms with E-state index < -0.39 is 5.92 Å². The Morgan fingerprint density at radius 3 is 2.31 bits per heavy atom. The molecule has 2 heteroatoms. The molecule has 2 atom stereocenters. The fourth-order valence-electron chi connectivity index (χ4n) is 2.96. The molecule has 2 rings (SSSR count). The SMILES string of the molecule is CC1CC(F)(F)CCC1C1CCC1. The Kier molecular flexibility index (Phi) is 2.33. The summed E-state index contributed by atoms with van der Waals surface area (Å²) in [7, 11) is 0. The summed E-state index contributed by atoms with van der Waals surface area (Å²) in [5, 5.41) is 0. The number of alkyl halides is 2. The van der Waals surface area contributed by atoms with E-state index >= 15 is 0 Å². The van der Waals surface area contributed by atoms with Gasteiger partial charge in [-0.3, -0.25) is 0 Å². The first-order valence-electron chi connectivity index (χ1n) is 5.46. The summed E-state index contributed by atoms with van der Waals surface area (Å²) in [5.41, 5.74) is 0. The molecule has 0 heterocycles. The van der Waals surface area contributed by atoms with Gasteiger partial charge >= 0.3 is 0 Å². The Bertz CT molecular complexity index is 185. The van der Waals surface area contributed by atoms with Crippen LogP contribution in [-0.4, -0.2) is 5.92 Å². The zero-order valence-electron chi connectivity index (χ0n) is 8.23. The van der Waals surface area contributed by atoms with Crippen molar-refractivity contribution in [3.63, 3.8) is 0 Å². The molecule has 0 aromatic heterocycles. The second-order valence-electron chi connectivity index (χ2n) is 4.93. The van der Waals surface area contributed by atoms with Crippen LogP contribution in [0.2, 0.25) is 0 Å². The molecule has 2 aliphatic carbocycles. The van der Waals surface area contributed by atoms with Crippen LogP contribution in [0.3, 0.4) is 0 Å². The van der Waals surface area contributed by atoms with Gasteiger partial charge in [0.25, 0.3) is 0 Å². The Labute approximate surface area is 78.7 Å². The molecule has 0 aromatic rings. The van der Waals surface area contributed by atoms with Gasteiger partial charge in [0.1, 0.15) is 0 Å². The maximum Gasteiger partial charge on any atom is 0.248 e. The minimum atomic E-state index is -2.36. The maximum absolute atomic E-state index is 13.0. The molecule has 13 heavy (non-hydrogen) atoms. The van der Waals surface area contributed by atoms with Crippen molar-refractivity contribution in [2.24, 2.45) is 17.8 Å². The third kappa shape index (κ3) is 1.87. The standard InChI is InChI=1S/C11H18F2/c1-8-7-11(12,13)6-5-10(8)9-3-2-4-9/h8-10H,2-7H2,1H3. The zero-order chi connectivity index (χ0) is 9.47. The molecule has 2 saturated carbocycles. The molecule has 2 unspecified atom stereocenters. The minimum Gasteiger partial charge on any atom is -0.207 e. The van der Waals surface area contributed by atoms with Gasteiger partial charge in [-0.1, -0.05) is 26.2 Å². The normalized spacial score (nSPS) is 39.9. The Balaban J connectivity index is 1.93. The first-order chi connectivity index (χ1) is 6.08. The van der Waals surface area contributed by atoms with E-state index in [9.17, 15) is 8.78 Å². The fourth-order valence-corrected chi connectivity index (χ4v) is 2.96. The monoisotopic (exact) mass is 188 g/mol. The molecule has 2 fully saturated rings. The lowest BCUT2D eigenvalue weighted by Crippen LogP contribution is -2.36. The van der Waals surface area contributed by atoms with E-state index in [1.54, 1.807) is 0 Å².